The number of hydrogen-bond acceptors (Lipinski definition) is 4. The number of carboxylic acids is 1. The number of para-hydroxylation sites is 1. The van der Waals surface area contributed by atoms with Gasteiger partial charge in [0.05, 0.1) is 19.1 Å². The van der Waals surface area contributed by atoms with Crippen molar-refractivity contribution >= 4 is 23.6 Å². The summed E-state index contributed by atoms with van der Waals surface area (Å²) in [5.74, 6) is 0.207. The van der Waals surface area contributed by atoms with Gasteiger partial charge in [0.15, 0.2) is 0 Å². The molecule has 4 rings (SSSR count). The number of carbonyl (C=O) groups excluding carboxylic acids is 1. The molecule has 2 aromatic rings. The molecule has 204 valence electrons. The van der Waals surface area contributed by atoms with Crippen LogP contribution < -0.4 is 15.0 Å². The van der Waals surface area contributed by atoms with Gasteiger partial charge in [-0.2, -0.15) is 0 Å². The number of nitrogens with one attached hydrogen (secondary N) is 1. The summed E-state index contributed by atoms with van der Waals surface area (Å²) < 4.78 is 5.74. The van der Waals surface area contributed by atoms with Crippen LogP contribution in [0.15, 0.2) is 48.5 Å². The standard InChI is InChI=1S/C32H42N2O4/c1-2-38-30-22-25(15-16-26(30)17-18-32(36)37)23-31(35)33-28(21-24-11-5-3-6-12-24)27-13-7-8-14-29(27)34-19-9-4-10-20-34/h7-8,13-18,22,24,28H,2-6,9-12,19-21,23H2,1H3,(H,33,35)(H,36,37)/b18-17+. The monoisotopic (exact) mass is 518 g/mol. The van der Waals surface area contributed by atoms with Crippen molar-refractivity contribution in [3.05, 3.63) is 65.2 Å². The Labute approximate surface area is 227 Å². The first-order chi connectivity index (χ1) is 18.5. The van der Waals surface area contributed by atoms with Crippen LogP contribution in [0.2, 0.25) is 0 Å². The molecule has 6 heteroatoms. The molecule has 1 saturated carbocycles. The highest BCUT2D eigenvalue weighted by Gasteiger charge is 2.26. The van der Waals surface area contributed by atoms with Crippen LogP contribution in [-0.2, 0) is 16.0 Å². The number of benzene rings is 2. The third-order valence-electron chi connectivity index (χ3n) is 7.79. The number of hydrogen-bond donors (Lipinski definition) is 2. The van der Waals surface area contributed by atoms with E-state index in [-0.39, 0.29) is 18.4 Å². The molecule has 2 aliphatic rings. The van der Waals surface area contributed by atoms with E-state index in [1.165, 1.54) is 68.7 Å². The smallest absolute Gasteiger partial charge is 0.328 e. The van der Waals surface area contributed by atoms with Gasteiger partial charge in [-0.15, -0.1) is 0 Å². The molecule has 0 bridgehead atoms. The fourth-order valence-corrected chi connectivity index (χ4v) is 5.92. The minimum atomic E-state index is -1.01. The summed E-state index contributed by atoms with van der Waals surface area (Å²) in [7, 11) is 0. The minimum absolute atomic E-state index is 0.00414. The van der Waals surface area contributed by atoms with Crippen LogP contribution in [0.1, 0.15) is 87.4 Å². The molecule has 1 saturated heterocycles. The molecule has 0 radical (unpaired) electrons. The number of aliphatic carboxylic acids is 1. The van der Waals surface area contributed by atoms with Gasteiger partial charge in [0.1, 0.15) is 5.75 Å². The molecule has 6 nitrogen and oxygen atoms in total. The molecule has 1 aliphatic carbocycles. The number of rotatable bonds is 11. The number of carboxylic acid groups (broad SMARTS) is 1. The lowest BCUT2D eigenvalue weighted by molar-refractivity contribution is -0.131. The second-order valence-corrected chi connectivity index (χ2v) is 10.6. The molecule has 1 heterocycles. The minimum Gasteiger partial charge on any atom is -0.493 e. The van der Waals surface area contributed by atoms with Crippen LogP contribution in [-0.4, -0.2) is 36.7 Å². The summed E-state index contributed by atoms with van der Waals surface area (Å²) in [4.78, 5) is 26.9. The summed E-state index contributed by atoms with van der Waals surface area (Å²) in [6, 6.07) is 14.2. The zero-order chi connectivity index (χ0) is 26.7. The SMILES string of the molecule is CCOc1cc(CC(=O)NC(CC2CCCCC2)c2ccccc2N2CCCCC2)ccc1/C=C/C(=O)O. The number of piperidine rings is 1. The predicted octanol–water partition coefficient (Wildman–Crippen LogP) is 6.54. The van der Waals surface area contributed by atoms with Crippen LogP contribution in [0.4, 0.5) is 5.69 Å². The van der Waals surface area contributed by atoms with Gasteiger partial charge in [-0.3, -0.25) is 4.79 Å². The highest BCUT2D eigenvalue weighted by atomic mass is 16.5. The van der Waals surface area contributed by atoms with Crippen LogP contribution in [0.5, 0.6) is 5.75 Å². The van der Waals surface area contributed by atoms with Crippen LogP contribution in [0.25, 0.3) is 6.08 Å². The van der Waals surface area contributed by atoms with Gasteiger partial charge < -0.3 is 20.1 Å². The number of ether oxygens (including phenoxy) is 1. The molecule has 38 heavy (non-hydrogen) atoms. The Kier molecular flexibility index (Phi) is 10.2. The lowest BCUT2D eigenvalue weighted by Gasteiger charge is -2.34. The van der Waals surface area contributed by atoms with Gasteiger partial charge >= 0.3 is 5.97 Å². The average molecular weight is 519 g/mol. The van der Waals surface area contributed by atoms with Gasteiger partial charge in [-0.05, 0) is 67.9 Å². The lowest BCUT2D eigenvalue weighted by Crippen LogP contribution is -2.35. The summed E-state index contributed by atoms with van der Waals surface area (Å²) >= 11 is 0. The van der Waals surface area contributed by atoms with E-state index in [0.717, 1.165) is 31.1 Å². The predicted molar refractivity (Wildman–Crippen MR) is 153 cm³/mol. The summed E-state index contributed by atoms with van der Waals surface area (Å²) in [5, 5.41) is 12.4. The Morgan fingerprint density at radius 3 is 2.53 bits per heavy atom. The van der Waals surface area contributed by atoms with Crippen LogP contribution in [0.3, 0.4) is 0 Å². The zero-order valence-corrected chi connectivity index (χ0v) is 22.7. The first-order valence-corrected chi connectivity index (χ1v) is 14.3. The maximum Gasteiger partial charge on any atom is 0.328 e. The van der Waals surface area contributed by atoms with Crippen molar-refractivity contribution in [3.8, 4) is 5.75 Å². The number of anilines is 1. The molecule has 2 fully saturated rings. The van der Waals surface area contributed by atoms with Crippen molar-refractivity contribution in [2.45, 2.75) is 77.2 Å². The Morgan fingerprint density at radius 2 is 1.79 bits per heavy atom. The van der Waals surface area contributed by atoms with E-state index in [9.17, 15) is 9.59 Å². The molecule has 1 aliphatic heterocycles. The largest absolute Gasteiger partial charge is 0.493 e. The number of carbonyl (C=O) groups is 2. The van der Waals surface area contributed by atoms with Crippen molar-refractivity contribution in [3.63, 3.8) is 0 Å². The van der Waals surface area contributed by atoms with E-state index in [0.29, 0.717) is 23.8 Å². The van der Waals surface area contributed by atoms with E-state index < -0.39 is 5.97 Å². The van der Waals surface area contributed by atoms with Crippen molar-refractivity contribution in [2.75, 3.05) is 24.6 Å². The Bertz CT molecular complexity index is 1100. The Hall–Kier alpha value is -3.28. The molecule has 2 aromatic carbocycles. The lowest BCUT2D eigenvalue weighted by atomic mass is 9.83. The molecule has 2 N–H and O–H groups in total. The third kappa shape index (κ3) is 7.86. The topological polar surface area (TPSA) is 78.9 Å². The Morgan fingerprint density at radius 1 is 1.05 bits per heavy atom. The maximum atomic E-state index is 13.4. The van der Waals surface area contributed by atoms with Crippen molar-refractivity contribution in [1.29, 1.82) is 0 Å². The molecule has 0 aromatic heterocycles. The molecular weight excluding hydrogens is 476 g/mol. The fourth-order valence-electron chi connectivity index (χ4n) is 5.92. The van der Waals surface area contributed by atoms with Gasteiger partial charge in [0.25, 0.3) is 0 Å². The van der Waals surface area contributed by atoms with Crippen LogP contribution in [0, 0.1) is 5.92 Å². The van der Waals surface area contributed by atoms with E-state index >= 15 is 0 Å². The molecular formula is C32H42N2O4. The van der Waals surface area contributed by atoms with Gasteiger partial charge in [-0.25, -0.2) is 4.79 Å². The van der Waals surface area contributed by atoms with Gasteiger partial charge in [-0.1, -0.05) is 62.4 Å². The van der Waals surface area contributed by atoms with Crippen LogP contribution >= 0.6 is 0 Å². The van der Waals surface area contributed by atoms with E-state index in [1.54, 1.807) is 0 Å². The zero-order valence-electron chi connectivity index (χ0n) is 22.7. The van der Waals surface area contributed by atoms with E-state index in [2.05, 4.69) is 34.5 Å². The summed E-state index contributed by atoms with van der Waals surface area (Å²) in [5.41, 5.74) is 4.03. The average Bonchev–Trinajstić information content (AvgIpc) is 2.93. The highest BCUT2D eigenvalue weighted by Crippen LogP contribution is 2.36. The highest BCUT2D eigenvalue weighted by molar-refractivity contribution is 5.86. The molecule has 1 amide bonds. The van der Waals surface area contributed by atoms with Crippen molar-refractivity contribution in [2.24, 2.45) is 5.92 Å². The van der Waals surface area contributed by atoms with E-state index in [4.69, 9.17) is 9.84 Å². The summed E-state index contributed by atoms with van der Waals surface area (Å²) in [6.07, 6.45) is 13.9. The normalized spacial score (nSPS) is 17.3. The second-order valence-electron chi connectivity index (χ2n) is 10.6. The molecule has 0 spiro atoms. The molecule has 1 unspecified atom stereocenters. The number of amides is 1. The Balaban J connectivity index is 1.54. The van der Waals surface area contributed by atoms with Crippen molar-refractivity contribution < 1.29 is 19.4 Å². The first-order valence-electron chi connectivity index (χ1n) is 14.3. The summed E-state index contributed by atoms with van der Waals surface area (Å²) in [6.45, 7) is 4.49. The van der Waals surface area contributed by atoms with E-state index in [1.807, 2.05) is 25.1 Å². The fraction of sp³-hybridized carbons (Fsp3) is 0.500. The first kappa shape index (κ1) is 27.7. The second kappa shape index (κ2) is 14.0. The third-order valence-corrected chi connectivity index (χ3v) is 7.79. The quantitative estimate of drug-likeness (QED) is 0.330. The number of nitrogens with zero attached hydrogens (tertiary/aromatic N) is 1. The maximum absolute atomic E-state index is 13.4. The van der Waals surface area contributed by atoms with Gasteiger partial charge in [0, 0.05) is 30.4 Å². The molecule has 1 atom stereocenters. The van der Waals surface area contributed by atoms with Crippen molar-refractivity contribution in [1.82, 2.24) is 5.32 Å². The van der Waals surface area contributed by atoms with Gasteiger partial charge in [0.2, 0.25) is 5.91 Å².